The minimum atomic E-state index is 0.433. The third-order valence-corrected chi connectivity index (χ3v) is 2.33. The minimum absolute atomic E-state index is 0.433. The van der Waals surface area contributed by atoms with Gasteiger partial charge in [-0.3, -0.25) is 0 Å². The van der Waals surface area contributed by atoms with Crippen molar-refractivity contribution in [3.63, 3.8) is 0 Å². The smallest absolute Gasteiger partial charge is 0.155 e. The molecule has 0 aliphatic carbocycles. The number of nitrogens with zero attached hydrogens (tertiary/aromatic N) is 2. The van der Waals surface area contributed by atoms with Gasteiger partial charge in [-0.2, -0.15) is 5.26 Å². The minimum Gasteiger partial charge on any atom is -0.341 e. The first-order valence-corrected chi connectivity index (χ1v) is 4.81. The summed E-state index contributed by atoms with van der Waals surface area (Å²) in [5.74, 6) is 0.761. The average Bonchev–Trinajstić information content (AvgIpc) is 2.58. The molecule has 1 aromatic heterocycles. The van der Waals surface area contributed by atoms with Gasteiger partial charge in [0.1, 0.15) is 5.82 Å². The van der Waals surface area contributed by atoms with E-state index in [-0.39, 0.29) is 0 Å². The van der Waals surface area contributed by atoms with Gasteiger partial charge in [0.05, 0.1) is 17.3 Å². The van der Waals surface area contributed by atoms with Crippen LogP contribution in [0.3, 0.4) is 0 Å². The van der Waals surface area contributed by atoms with E-state index in [1.54, 1.807) is 12.1 Å². The molecule has 74 valence electrons. The number of halogens is 1. The molecule has 0 saturated carbocycles. The first-order valence-electron chi connectivity index (χ1n) is 4.43. The molecule has 0 bridgehead atoms. The maximum Gasteiger partial charge on any atom is 0.155 e. The second kappa shape index (κ2) is 3.76. The molecule has 1 aromatic carbocycles. The number of benzene rings is 1. The van der Waals surface area contributed by atoms with E-state index in [4.69, 9.17) is 16.9 Å². The van der Waals surface area contributed by atoms with Crippen molar-refractivity contribution in [2.24, 2.45) is 0 Å². The van der Waals surface area contributed by atoms with Crippen molar-refractivity contribution < 1.29 is 0 Å². The Hall–Kier alpha value is -1.79. The van der Waals surface area contributed by atoms with Crippen LogP contribution in [0, 0.1) is 18.3 Å². The van der Waals surface area contributed by atoms with Crippen LogP contribution in [0.2, 0.25) is 5.15 Å². The van der Waals surface area contributed by atoms with Gasteiger partial charge in [-0.1, -0.05) is 23.7 Å². The Bertz CT molecular complexity index is 537. The molecule has 0 spiro atoms. The largest absolute Gasteiger partial charge is 0.341 e. The summed E-state index contributed by atoms with van der Waals surface area (Å²) in [6.45, 7) is 1.84. The summed E-state index contributed by atoms with van der Waals surface area (Å²) >= 11 is 5.95. The maximum atomic E-state index is 8.77. The number of aromatic nitrogens is 2. The Morgan fingerprint density at radius 3 is 2.87 bits per heavy atom. The highest BCUT2D eigenvalue weighted by Gasteiger charge is 2.08. The molecule has 4 heteroatoms. The zero-order valence-corrected chi connectivity index (χ0v) is 8.84. The highest BCUT2D eigenvalue weighted by atomic mass is 35.5. The van der Waals surface area contributed by atoms with Gasteiger partial charge in [0, 0.05) is 5.56 Å². The molecule has 0 fully saturated rings. The summed E-state index contributed by atoms with van der Waals surface area (Å²) in [6, 6.07) is 9.32. The number of hydrogen-bond acceptors (Lipinski definition) is 2. The SMILES string of the molecule is Cc1nc(Cl)c(-c2cccc(C#N)c2)[nH]1. The maximum absolute atomic E-state index is 8.77. The van der Waals surface area contributed by atoms with E-state index >= 15 is 0 Å². The molecule has 0 amide bonds. The molecule has 2 rings (SSSR count). The Labute approximate surface area is 92.3 Å². The second-order valence-electron chi connectivity index (χ2n) is 3.18. The zero-order valence-electron chi connectivity index (χ0n) is 8.08. The van der Waals surface area contributed by atoms with E-state index in [0.29, 0.717) is 10.7 Å². The van der Waals surface area contributed by atoms with Crippen molar-refractivity contribution in [2.75, 3.05) is 0 Å². The van der Waals surface area contributed by atoms with Gasteiger partial charge in [-0.25, -0.2) is 4.98 Å². The van der Waals surface area contributed by atoms with E-state index in [0.717, 1.165) is 17.1 Å². The van der Waals surface area contributed by atoms with Crippen LogP contribution < -0.4 is 0 Å². The lowest BCUT2D eigenvalue weighted by molar-refractivity contribution is 1.15. The highest BCUT2D eigenvalue weighted by molar-refractivity contribution is 6.31. The van der Waals surface area contributed by atoms with Crippen molar-refractivity contribution in [2.45, 2.75) is 6.92 Å². The monoisotopic (exact) mass is 217 g/mol. The third kappa shape index (κ3) is 1.85. The zero-order chi connectivity index (χ0) is 10.8. The number of H-pyrrole nitrogens is 1. The van der Waals surface area contributed by atoms with Crippen molar-refractivity contribution in [1.29, 1.82) is 5.26 Å². The van der Waals surface area contributed by atoms with Crippen LogP contribution in [0.4, 0.5) is 0 Å². The lowest BCUT2D eigenvalue weighted by atomic mass is 10.1. The normalized spacial score (nSPS) is 9.93. The van der Waals surface area contributed by atoms with Crippen LogP contribution in [-0.2, 0) is 0 Å². The van der Waals surface area contributed by atoms with Crippen LogP contribution in [0.15, 0.2) is 24.3 Å². The van der Waals surface area contributed by atoms with Crippen molar-refractivity contribution in [3.05, 3.63) is 40.8 Å². The number of aromatic amines is 1. The number of hydrogen-bond donors (Lipinski definition) is 1. The molecule has 0 aliphatic rings. The molecule has 2 aromatic rings. The molecule has 15 heavy (non-hydrogen) atoms. The second-order valence-corrected chi connectivity index (χ2v) is 3.54. The fourth-order valence-corrected chi connectivity index (χ4v) is 1.68. The molecule has 1 N–H and O–H groups in total. The number of rotatable bonds is 1. The molecular formula is C11H8ClN3. The van der Waals surface area contributed by atoms with E-state index < -0.39 is 0 Å². The lowest BCUT2D eigenvalue weighted by Gasteiger charge is -1.98. The van der Waals surface area contributed by atoms with Gasteiger partial charge in [0.2, 0.25) is 0 Å². The first kappa shape index (κ1) is 9.75. The molecule has 0 aliphatic heterocycles. The molecule has 0 saturated heterocycles. The summed E-state index contributed by atoms with van der Waals surface area (Å²) in [6.07, 6.45) is 0. The molecule has 1 heterocycles. The van der Waals surface area contributed by atoms with E-state index in [9.17, 15) is 0 Å². The standard InChI is InChI=1S/C11H8ClN3/c1-7-14-10(11(12)15-7)9-4-2-3-8(5-9)6-13/h2-5H,1H3,(H,14,15). The molecule has 0 unspecified atom stereocenters. The van der Waals surface area contributed by atoms with Gasteiger partial charge in [-0.15, -0.1) is 0 Å². The van der Waals surface area contributed by atoms with Crippen LogP contribution in [0.5, 0.6) is 0 Å². The van der Waals surface area contributed by atoms with Gasteiger partial charge in [0.15, 0.2) is 5.15 Å². The summed E-state index contributed by atoms with van der Waals surface area (Å²) in [4.78, 5) is 7.13. The number of nitrogens with one attached hydrogen (secondary N) is 1. The van der Waals surface area contributed by atoms with Crippen LogP contribution in [-0.4, -0.2) is 9.97 Å². The quantitative estimate of drug-likeness (QED) is 0.799. The predicted octanol–water partition coefficient (Wildman–Crippen LogP) is 2.91. The lowest BCUT2D eigenvalue weighted by Crippen LogP contribution is -1.81. The van der Waals surface area contributed by atoms with Gasteiger partial charge in [-0.05, 0) is 19.1 Å². The Kier molecular flexibility index (Phi) is 2.44. The fraction of sp³-hybridized carbons (Fsp3) is 0.0909. The Balaban J connectivity index is 2.55. The van der Waals surface area contributed by atoms with Gasteiger partial charge < -0.3 is 4.98 Å². The van der Waals surface area contributed by atoms with Crippen molar-refractivity contribution in [1.82, 2.24) is 9.97 Å². The van der Waals surface area contributed by atoms with Gasteiger partial charge >= 0.3 is 0 Å². The molecule has 3 nitrogen and oxygen atoms in total. The van der Waals surface area contributed by atoms with E-state index in [1.807, 2.05) is 19.1 Å². The first-order chi connectivity index (χ1) is 7.20. The number of nitriles is 1. The van der Waals surface area contributed by atoms with Crippen LogP contribution in [0.1, 0.15) is 11.4 Å². The number of imidazole rings is 1. The Morgan fingerprint density at radius 1 is 1.47 bits per heavy atom. The summed E-state index contributed by atoms with van der Waals surface area (Å²) in [5, 5.41) is 9.21. The van der Waals surface area contributed by atoms with Gasteiger partial charge in [0.25, 0.3) is 0 Å². The highest BCUT2D eigenvalue weighted by Crippen LogP contribution is 2.25. The number of aryl methyl sites for hydroxylation is 1. The van der Waals surface area contributed by atoms with E-state index in [1.165, 1.54) is 0 Å². The summed E-state index contributed by atoms with van der Waals surface area (Å²) in [5.41, 5.74) is 2.24. The average molecular weight is 218 g/mol. The van der Waals surface area contributed by atoms with Crippen molar-refractivity contribution in [3.8, 4) is 17.3 Å². The fourth-order valence-electron chi connectivity index (χ4n) is 1.40. The third-order valence-electron chi connectivity index (χ3n) is 2.06. The summed E-state index contributed by atoms with van der Waals surface area (Å²) in [7, 11) is 0. The molecule has 0 radical (unpaired) electrons. The molecule has 0 atom stereocenters. The predicted molar refractivity (Wildman–Crippen MR) is 58.5 cm³/mol. The molecular weight excluding hydrogens is 210 g/mol. The topological polar surface area (TPSA) is 52.5 Å². The van der Waals surface area contributed by atoms with Crippen LogP contribution in [0.25, 0.3) is 11.3 Å². The Morgan fingerprint density at radius 2 is 2.27 bits per heavy atom. The van der Waals surface area contributed by atoms with Crippen LogP contribution >= 0.6 is 11.6 Å². The van der Waals surface area contributed by atoms with E-state index in [2.05, 4.69) is 16.0 Å². The summed E-state index contributed by atoms with van der Waals surface area (Å²) < 4.78 is 0. The van der Waals surface area contributed by atoms with Crippen molar-refractivity contribution >= 4 is 11.6 Å².